The molecule has 0 bridgehead atoms. The van der Waals surface area contributed by atoms with Gasteiger partial charge in [-0.15, -0.1) is 0 Å². The van der Waals surface area contributed by atoms with E-state index in [1.807, 2.05) is 38.1 Å². The Kier molecular flexibility index (Phi) is 5.99. The second kappa shape index (κ2) is 8.00. The fourth-order valence-electron chi connectivity index (χ4n) is 2.04. The lowest BCUT2D eigenvalue weighted by Crippen LogP contribution is -2.29. The van der Waals surface area contributed by atoms with Gasteiger partial charge in [0, 0.05) is 6.61 Å². The van der Waals surface area contributed by atoms with Crippen molar-refractivity contribution in [1.82, 2.24) is 0 Å². The van der Waals surface area contributed by atoms with Crippen molar-refractivity contribution in [1.29, 1.82) is 0 Å². The van der Waals surface area contributed by atoms with Crippen molar-refractivity contribution in [3.8, 4) is 0 Å². The first-order chi connectivity index (χ1) is 9.78. The van der Waals surface area contributed by atoms with Gasteiger partial charge in [0.2, 0.25) is 0 Å². The molecule has 0 aliphatic carbocycles. The number of hydrogen-bond donors (Lipinski definition) is 0. The molecule has 3 heteroatoms. The molecule has 0 saturated carbocycles. The van der Waals surface area contributed by atoms with Gasteiger partial charge in [-0.3, -0.25) is 0 Å². The highest BCUT2D eigenvalue weighted by Gasteiger charge is 2.18. The van der Waals surface area contributed by atoms with Crippen LogP contribution in [0.15, 0.2) is 48.6 Å². The molecule has 0 fully saturated rings. The first kappa shape index (κ1) is 15.0. The minimum atomic E-state index is -0.337. The Morgan fingerprint density at radius 2 is 2.15 bits per heavy atom. The number of hydrogen-bond acceptors (Lipinski definition) is 3. The van der Waals surface area contributed by atoms with Gasteiger partial charge < -0.3 is 14.2 Å². The van der Waals surface area contributed by atoms with E-state index in [1.54, 1.807) is 0 Å². The second-order valence-electron chi connectivity index (χ2n) is 4.64. The van der Waals surface area contributed by atoms with Crippen molar-refractivity contribution < 1.29 is 14.2 Å². The average Bonchev–Trinajstić information content (AvgIpc) is 2.47. The van der Waals surface area contributed by atoms with Crippen LogP contribution in [0.3, 0.4) is 0 Å². The Hall–Kier alpha value is -1.42. The molecule has 1 aliphatic rings. The molecule has 0 spiro atoms. The third-order valence-electron chi connectivity index (χ3n) is 3.00. The van der Waals surface area contributed by atoms with Crippen molar-refractivity contribution in [2.24, 2.45) is 0 Å². The Morgan fingerprint density at radius 3 is 2.90 bits per heavy atom. The predicted molar refractivity (Wildman–Crippen MR) is 80.1 cm³/mol. The lowest BCUT2D eigenvalue weighted by molar-refractivity contribution is -0.228. The van der Waals surface area contributed by atoms with Crippen LogP contribution in [-0.2, 0) is 14.2 Å². The van der Waals surface area contributed by atoms with E-state index in [4.69, 9.17) is 14.2 Å². The number of ether oxygens (including phenoxy) is 3. The largest absolute Gasteiger partial charge is 0.353 e. The topological polar surface area (TPSA) is 27.7 Å². The van der Waals surface area contributed by atoms with Crippen LogP contribution in [-0.4, -0.2) is 25.3 Å². The summed E-state index contributed by atoms with van der Waals surface area (Å²) in [7, 11) is 0. The second-order valence-corrected chi connectivity index (χ2v) is 4.64. The molecular formula is C17H22O3. The highest BCUT2D eigenvalue weighted by molar-refractivity contribution is 5.49. The third kappa shape index (κ3) is 4.93. The molecule has 1 heterocycles. The molecule has 0 aromatic heterocycles. The maximum atomic E-state index is 5.85. The van der Waals surface area contributed by atoms with Gasteiger partial charge in [-0.25, -0.2) is 0 Å². The molecule has 0 N–H and O–H groups in total. The van der Waals surface area contributed by atoms with Crippen LogP contribution in [0.25, 0.3) is 6.08 Å². The van der Waals surface area contributed by atoms with Crippen LogP contribution in [0.1, 0.15) is 25.8 Å². The summed E-state index contributed by atoms with van der Waals surface area (Å²) in [5, 5.41) is 0. The summed E-state index contributed by atoms with van der Waals surface area (Å²) < 4.78 is 16.9. The molecule has 0 radical (unpaired) electrons. The van der Waals surface area contributed by atoms with E-state index in [2.05, 4.69) is 30.4 Å². The summed E-state index contributed by atoms with van der Waals surface area (Å²) in [4.78, 5) is 0. The Morgan fingerprint density at radius 1 is 1.35 bits per heavy atom. The van der Waals surface area contributed by atoms with Crippen molar-refractivity contribution in [3.05, 3.63) is 54.1 Å². The summed E-state index contributed by atoms with van der Waals surface area (Å²) in [5.74, 6) is 0. The Labute approximate surface area is 120 Å². The molecular weight excluding hydrogens is 252 g/mol. The van der Waals surface area contributed by atoms with Crippen LogP contribution in [0.2, 0.25) is 0 Å². The monoisotopic (exact) mass is 274 g/mol. The van der Waals surface area contributed by atoms with Crippen LogP contribution in [0.5, 0.6) is 0 Å². The van der Waals surface area contributed by atoms with Gasteiger partial charge in [0.15, 0.2) is 12.6 Å². The maximum absolute atomic E-state index is 5.85. The van der Waals surface area contributed by atoms with Gasteiger partial charge in [0.1, 0.15) is 0 Å². The highest BCUT2D eigenvalue weighted by Crippen LogP contribution is 2.17. The zero-order valence-corrected chi connectivity index (χ0v) is 12.1. The smallest absolute Gasteiger partial charge is 0.180 e. The van der Waals surface area contributed by atoms with E-state index >= 15 is 0 Å². The molecule has 1 aromatic rings. The molecule has 0 saturated heterocycles. The molecule has 0 amide bonds. The summed E-state index contributed by atoms with van der Waals surface area (Å²) in [6, 6.07) is 10.2. The number of benzene rings is 1. The third-order valence-corrected chi connectivity index (χ3v) is 3.00. The normalized spacial score (nSPS) is 24.1. The maximum Gasteiger partial charge on any atom is 0.180 e. The van der Waals surface area contributed by atoms with Crippen LogP contribution >= 0.6 is 0 Å². The molecule has 1 aromatic carbocycles. The lowest BCUT2D eigenvalue weighted by atomic mass is 10.1. The van der Waals surface area contributed by atoms with Crippen LogP contribution < -0.4 is 0 Å². The highest BCUT2D eigenvalue weighted by atomic mass is 16.8. The van der Waals surface area contributed by atoms with Crippen molar-refractivity contribution in [2.45, 2.75) is 39.0 Å². The Balaban J connectivity index is 1.86. The van der Waals surface area contributed by atoms with Crippen molar-refractivity contribution >= 4 is 6.08 Å². The van der Waals surface area contributed by atoms with Gasteiger partial charge in [0.25, 0.3) is 0 Å². The fourth-order valence-corrected chi connectivity index (χ4v) is 2.04. The van der Waals surface area contributed by atoms with Crippen LogP contribution in [0.4, 0.5) is 0 Å². The SMILES string of the molecule is CCOC(C)O[C@H]1C=CC[C@H](/C=C/c2ccccc2)O1. The van der Waals surface area contributed by atoms with E-state index < -0.39 is 0 Å². The van der Waals surface area contributed by atoms with Gasteiger partial charge in [-0.1, -0.05) is 48.6 Å². The molecule has 3 atom stereocenters. The van der Waals surface area contributed by atoms with Crippen molar-refractivity contribution in [2.75, 3.05) is 6.61 Å². The standard InChI is InChI=1S/C17H22O3/c1-3-18-14(2)19-17-11-7-10-16(20-17)13-12-15-8-5-4-6-9-15/h4-9,11-14,16-17H,3,10H2,1-2H3/b13-12+/t14?,16-,17-/m1/s1. The first-order valence-electron chi connectivity index (χ1n) is 7.10. The molecule has 1 unspecified atom stereocenters. The van der Waals surface area contributed by atoms with E-state index in [-0.39, 0.29) is 18.7 Å². The summed E-state index contributed by atoms with van der Waals surface area (Å²) in [6.07, 6.45) is 8.48. The van der Waals surface area contributed by atoms with Gasteiger partial charge >= 0.3 is 0 Å². The lowest BCUT2D eigenvalue weighted by Gasteiger charge is -2.26. The van der Waals surface area contributed by atoms with Gasteiger partial charge in [-0.2, -0.15) is 0 Å². The fraction of sp³-hybridized carbons (Fsp3) is 0.412. The Bertz CT molecular complexity index is 439. The molecule has 2 rings (SSSR count). The molecule has 3 nitrogen and oxygen atoms in total. The predicted octanol–water partition coefficient (Wildman–Crippen LogP) is 3.77. The zero-order valence-electron chi connectivity index (χ0n) is 12.1. The van der Waals surface area contributed by atoms with E-state index in [9.17, 15) is 0 Å². The van der Waals surface area contributed by atoms with Crippen molar-refractivity contribution in [3.63, 3.8) is 0 Å². The molecule has 20 heavy (non-hydrogen) atoms. The molecule has 1 aliphatic heterocycles. The van der Waals surface area contributed by atoms with E-state index in [0.717, 1.165) is 6.42 Å². The minimum Gasteiger partial charge on any atom is -0.353 e. The summed E-state index contributed by atoms with van der Waals surface area (Å²) in [5.41, 5.74) is 1.17. The summed E-state index contributed by atoms with van der Waals surface area (Å²) >= 11 is 0. The van der Waals surface area contributed by atoms with E-state index in [0.29, 0.717) is 6.61 Å². The van der Waals surface area contributed by atoms with Gasteiger partial charge in [-0.05, 0) is 31.9 Å². The van der Waals surface area contributed by atoms with Gasteiger partial charge in [0.05, 0.1) is 6.10 Å². The summed E-state index contributed by atoms with van der Waals surface area (Å²) in [6.45, 7) is 4.46. The number of rotatable bonds is 6. The first-order valence-corrected chi connectivity index (χ1v) is 7.10. The molecule has 108 valence electrons. The minimum absolute atomic E-state index is 0.0408. The quantitative estimate of drug-likeness (QED) is 0.584. The zero-order chi connectivity index (χ0) is 14.2. The average molecular weight is 274 g/mol. The van der Waals surface area contributed by atoms with Crippen LogP contribution in [0, 0.1) is 0 Å². The van der Waals surface area contributed by atoms with E-state index in [1.165, 1.54) is 5.56 Å².